The molecule has 2 saturated carbocycles. The second-order valence-corrected chi connectivity index (χ2v) is 4.41. The van der Waals surface area contributed by atoms with E-state index in [-0.39, 0.29) is 0 Å². The summed E-state index contributed by atoms with van der Waals surface area (Å²) in [6.07, 6.45) is 8.13. The fourth-order valence-electron chi connectivity index (χ4n) is 2.54. The summed E-state index contributed by atoms with van der Waals surface area (Å²) in [7, 11) is 2.26. The molecule has 2 unspecified atom stereocenters. The van der Waals surface area contributed by atoms with E-state index in [1.54, 1.807) is 0 Å². The van der Waals surface area contributed by atoms with Crippen molar-refractivity contribution in [2.24, 2.45) is 5.73 Å². The molecule has 2 aliphatic carbocycles. The van der Waals surface area contributed by atoms with Gasteiger partial charge in [0.15, 0.2) is 0 Å². The highest BCUT2D eigenvalue weighted by atomic mass is 15.2. The first-order valence-electron chi connectivity index (χ1n) is 5.26. The molecule has 0 heterocycles. The Balaban J connectivity index is 1.89. The summed E-state index contributed by atoms with van der Waals surface area (Å²) < 4.78 is 0. The van der Waals surface area contributed by atoms with Crippen molar-refractivity contribution < 1.29 is 0 Å². The number of nitrogens with two attached hydrogens (primary N) is 1. The summed E-state index contributed by atoms with van der Waals surface area (Å²) in [6, 6.07) is 2.00. The quantitative estimate of drug-likeness (QED) is 0.674. The Morgan fingerprint density at radius 3 is 2.17 bits per heavy atom. The van der Waals surface area contributed by atoms with Crippen LogP contribution in [0.3, 0.4) is 0 Å². The molecule has 0 aromatic heterocycles. The topological polar surface area (TPSA) is 29.3 Å². The second kappa shape index (κ2) is 3.35. The fourth-order valence-corrected chi connectivity index (χ4v) is 2.54. The fraction of sp³-hybridized carbons (Fsp3) is 1.00. The van der Waals surface area contributed by atoms with Gasteiger partial charge in [-0.05, 0) is 32.7 Å². The molecule has 2 aliphatic rings. The minimum Gasteiger partial charge on any atom is -0.326 e. The van der Waals surface area contributed by atoms with Crippen LogP contribution < -0.4 is 5.73 Å². The first-order valence-corrected chi connectivity index (χ1v) is 5.26. The maximum Gasteiger partial charge on any atom is 0.0247 e. The molecule has 2 heteroatoms. The normalized spacial score (nSPS) is 37.2. The second-order valence-electron chi connectivity index (χ2n) is 4.41. The van der Waals surface area contributed by atoms with Crippen molar-refractivity contribution in [3.05, 3.63) is 0 Å². The summed E-state index contributed by atoms with van der Waals surface area (Å²) >= 11 is 0. The van der Waals surface area contributed by atoms with Gasteiger partial charge >= 0.3 is 0 Å². The van der Waals surface area contributed by atoms with Crippen molar-refractivity contribution in [2.45, 2.75) is 56.7 Å². The molecule has 2 atom stereocenters. The lowest BCUT2D eigenvalue weighted by atomic mass is 9.90. The van der Waals surface area contributed by atoms with Gasteiger partial charge in [0, 0.05) is 18.1 Å². The monoisotopic (exact) mass is 168 g/mol. The van der Waals surface area contributed by atoms with Crippen LogP contribution in [-0.4, -0.2) is 30.1 Å². The lowest BCUT2D eigenvalue weighted by molar-refractivity contribution is 0.104. The van der Waals surface area contributed by atoms with Gasteiger partial charge in [0.1, 0.15) is 0 Å². The third-order valence-corrected chi connectivity index (χ3v) is 3.71. The first-order chi connectivity index (χ1) is 5.79. The number of hydrogen-bond donors (Lipinski definition) is 1. The molecular weight excluding hydrogens is 148 g/mol. The van der Waals surface area contributed by atoms with Gasteiger partial charge in [-0.2, -0.15) is 0 Å². The van der Waals surface area contributed by atoms with Crippen LogP contribution in [0.5, 0.6) is 0 Å². The van der Waals surface area contributed by atoms with Crippen molar-refractivity contribution in [1.82, 2.24) is 4.90 Å². The largest absolute Gasteiger partial charge is 0.326 e. The van der Waals surface area contributed by atoms with E-state index in [1.165, 1.54) is 38.5 Å². The third-order valence-electron chi connectivity index (χ3n) is 3.71. The molecule has 12 heavy (non-hydrogen) atoms. The highest BCUT2D eigenvalue weighted by Gasteiger charge is 2.33. The highest BCUT2D eigenvalue weighted by molar-refractivity contribution is 4.91. The van der Waals surface area contributed by atoms with E-state index >= 15 is 0 Å². The molecule has 70 valence electrons. The highest BCUT2D eigenvalue weighted by Crippen LogP contribution is 2.30. The van der Waals surface area contributed by atoms with Crippen LogP contribution in [0, 0.1) is 0 Å². The lowest BCUT2D eigenvalue weighted by Crippen LogP contribution is -2.49. The van der Waals surface area contributed by atoms with Crippen molar-refractivity contribution >= 4 is 0 Å². The van der Waals surface area contributed by atoms with Crippen LogP contribution >= 0.6 is 0 Å². The standard InChI is InChI=1S/C10H20N2/c1-12(8-4-2-5-8)10-7-3-6-9(10)11/h8-10H,2-7,11H2,1H3. The molecule has 0 spiro atoms. The van der Waals surface area contributed by atoms with Crippen LogP contribution in [0.4, 0.5) is 0 Å². The van der Waals surface area contributed by atoms with Gasteiger partial charge < -0.3 is 5.73 Å². The number of rotatable bonds is 2. The molecule has 2 nitrogen and oxygen atoms in total. The molecular formula is C10H20N2. The molecule has 0 amide bonds. The molecule has 0 aromatic carbocycles. The van der Waals surface area contributed by atoms with Crippen LogP contribution in [0.15, 0.2) is 0 Å². The Kier molecular flexibility index (Phi) is 2.37. The maximum absolute atomic E-state index is 6.05. The summed E-state index contributed by atoms with van der Waals surface area (Å²) in [5.41, 5.74) is 6.05. The molecule has 2 rings (SSSR count). The van der Waals surface area contributed by atoms with Crippen LogP contribution in [0.1, 0.15) is 38.5 Å². The van der Waals surface area contributed by atoms with Crippen molar-refractivity contribution in [2.75, 3.05) is 7.05 Å². The SMILES string of the molecule is CN(C1CCC1)C1CCCC1N. The van der Waals surface area contributed by atoms with E-state index in [0.717, 1.165) is 6.04 Å². The average Bonchev–Trinajstić information content (AvgIpc) is 2.31. The van der Waals surface area contributed by atoms with E-state index in [2.05, 4.69) is 11.9 Å². The predicted octanol–water partition coefficient (Wildman–Crippen LogP) is 1.35. The lowest BCUT2D eigenvalue weighted by Gasteiger charge is -2.40. The van der Waals surface area contributed by atoms with E-state index in [4.69, 9.17) is 5.73 Å². The Bertz CT molecular complexity index is 154. The number of hydrogen-bond acceptors (Lipinski definition) is 2. The van der Waals surface area contributed by atoms with Crippen LogP contribution in [0.25, 0.3) is 0 Å². The summed E-state index contributed by atoms with van der Waals surface area (Å²) in [5, 5.41) is 0. The molecule has 0 bridgehead atoms. The van der Waals surface area contributed by atoms with E-state index in [0.29, 0.717) is 12.1 Å². The van der Waals surface area contributed by atoms with Gasteiger partial charge in [-0.1, -0.05) is 12.8 Å². The summed E-state index contributed by atoms with van der Waals surface area (Å²) in [5.74, 6) is 0. The Hall–Kier alpha value is -0.0800. The molecule has 0 aliphatic heterocycles. The van der Waals surface area contributed by atoms with Crippen LogP contribution in [-0.2, 0) is 0 Å². The van der Waals surface area contributed by atoms with Gasteiger partial charge in [-0.3, -0.25) is 4.90 Å². The molecule has 0 aromatic rings. The van der Waals surface area contributed by atoms with Gasteiger partial charge in [0.2, 0.25) is 0 Å². The van der Waals surface area contributed by atoms with Gasteiger partial charge in [-0.25, -0.2) is 0 Å². The molecule has 0 radical (unpaired) electrons. The van der Waals surface area contributed by atoms with Gasteiger partial charge in [-0.15, -0.1) is 0 Å². The third kappa shape index (κ3) is 1.38. The molecule has 2 N–H and O–H groups in total. The van der Waals surface area contributed by atoms with Gasteiger partial charge in [0.05, 0.1) is 0 Å². The first kappa shape index (κ1) is 8.52. The van der Waals surface area contributed by atoms with Crippen LogP contribution in [0.2, 0.25) is 0 Å². The minimum absolute atomic E-state index is 0.454. The summed E-state index contributed by atoms with van der Waals surface area (Å²) in [4.78, 5) is 2.54. The Morgan fingerprint density at radius 2 is 1.75 bits per heavy atom. The number of likely N-dealkylation sites (N-methyl/N-ethyl adjacent to an activating group) is 1. The zero-order valence-corrected chi connectivity index (χ0v) is 8.00. The Morgan fingerprint density at radius 1 is 1.08 bits per heavy atom. The average molecular weight is 168 g/mol. The maximum atomic E-state index is 6.05. The number of nitrogens with zero attached hydrogens (tertiary/aromatic N) is 1. The molecule has 0 saturated heterocycles. The zero-order chi connectivity index (χ0) is 8.55. The Labute approximate surface area is 75.1 Å². The smallest absolute Gasteiger partial charge is 0.0247 e. The van der Waals surface area contributed by atoms with Crippen molar-refractivity contribution in [1.29, 1.82) is 0 Å². The van der Waals surface area contributed by atoms with E-state index in [9.17, 15) is 0 Å². The zero-order valence-electron chi connectivity index (χ0n) is 8.00. The molecule has 2 fully saturated rings. The van der Waals surface area contributed by atoms with E-state index < -0.39 is 0 Å². The summed E-state index contributed by atoms with van der Waals surface area (Å²) in [6.45, 7) is 0. The predicted molar refractivity (Wildman–Crippen MR) is 51.0 cm³/mol. The van der Waals surface area contributed by atoms with E-state index in [1.807, 2.05) is 0 Å². The van der Waals surface area contributed by atoms with Crippen molar-refractivity contribution in [3.8, 4) is 0 Å². The van der Waals surface area contributed by atoms with Crippen molar-refractivity contribution in [3.63, 3.8) is 0 Å². The minimum atomic E-state index is 0.454. The van der Waals surface area contributed by atoms with Gasteiger partial charge in [0.25, 0.3) is 0 Å².